The van der Waals surface area contributed by atoms with Crippen molar-refractivity contribution in [1.82, 2.24) is 15.0 Å². The van der Waals surface area contributed by atoms with E-state index >= 15 is 0 Å². The van der Waals surface area contributed by atoms with Crippen molar-refractivity contribution in [2.24, 2.45) is 0 Å². The van der Waals surface area contributed by atoms with Gasteiger partial charge in [0.2, 0.25) is 0 Å². The number of hydrogen-bond acceptors (Lipinski definition) is 7. The third-order valence-corrected chi connectivity index (χ3v) is 7.51. The topological polar surface area (TPSA) is 83.4 Å². The molecule has 188 valence electrons. The Labute approximate surface area is 219 Å². The van der Waals surface area contributed by atoms with Crippen LogP contribution < -0.4 is 0 Å². The average Bonchev–Trinajstić information content (AvgIpc) is 2.98. The predicted octanol–water partition coefficient (Wildman–Crippen LogP) is 7.39. The summed E-state index contributed by atoms with van der Waals surface area (Å²) in [6.07, 6.45) is 5.21. The minimum Gasteiger partial charge on any atom is -0.282 e. The smallest absolute Gasteiger partial charge is 0.282 e. The van der Waals surface area contributed by atoms with E-state index in [1.165, 1.54) is 0 Å². The highest BCUT2D eigenvalue weighted by Gasteiger charge is 2.27. The van der Waals surface area contributed by atoms with E-state index in [1.54, 1.807) is 18.6 Å². The molecule has 38 heavy (non-hydrogen) atoms. The molecular formula is C30H24N3O4P. The molecule has 0 amide bonds. The van der Waals surface area contributed by atoms with Crippen molar-refractivity contribution in [2.75, 3.05) is 0 Å². The van der Waals surface area contributed by atoms with Gasteiger partial charge in [0.25, 0.3) is 0 Å². The van der Waals surface area contributed by atoms with Gasteiger partial charge in [0.15, 0.2) is 0 Å². The number of phosphoric acid groups is 1. The normalized spacial score (nSPS) is 11.9. The van der Waals surface area contributed by atoms with Crippen molar-refractivity contribution in [3.63, 3.8) is 0 Å². The quantitative estimate of drug-likeness (QED) is 0.183. The molecular weight excluding hydrogens is 497 g/mol. The zero-order chi connectivity index (χ0) is 25.8. The van der Waals surface area contributed by atoms with Crippen molar-refractivity contribution < 1.29 is 18.1 Å². The number of rotatable bonds is 9. The monoisotopic (exact) mass is 521 g/mol. The Morgan fingerprint density at radius 2 is 0.842 bits per heavy atom. The lowest BCUT2D eigenvalue weighted by Crippen LogP contribution is -2.02. The van der Waals surface area contributed by atoms with Crippen LogP contribution in [0, 0.1) is 0 Å². The lowest BCUT2D eigenvalue weighted by atomic mass is 10.1. The number of pyridine rings is 3. The van der Waals surface area contributed by atoms with Crippen molar-refractivity contribution in [3.05, 3.63) is 126 Å². The van der Waals surface area contributed by atoms with Crippen molar-refractivity contribution in [3.8, 4) is 0 Å². The maximum atomic E-state index is 13.8. The summed E-state index contributed by atoms with van der Waals surface area (Å²) >= 11 is 0. The van der Waals surface area contributed by atoms with Crippen LogP contribution in [-0.2, 0) is 38.0 Å². The molecule has 0 spiro atoms. The fraction of sp³-hybridized carbons (Fsp3) is 0.100. The Balaban J connectivity index is 1.21. The van der Waals surface area contributed by atoms with Crippen LogP contribution in [0.15, 0.2) is 110 Å². The van der Waals surface area contributed by atoms with Crippen LogP contribution in [0.2, 0.25) is 0 Å². The van der Waals surface area contributed by atoms with Gasteiger partial charge in [-0.3, -0.25) is 28.5 Å². The van der Waals surface area contributed by atoms with Gasteiger partial charge in [-0.25, -0.2) is 4.57 Å². The van der Waals surface area contributed by atoms with Crippen LogP contribution >= 0.6 is 7.82 Å². The molecule has 3 heterocycles. The fourth-order valence-corrected chi connectivity index (χ4v) is 5.32. The van der Waals surface area contributed by atoms with E-state index in [4.69, 9.17) is 13.6 Å². The molecule has 0 saturated heterocycles. The van der Waals surface area contributed by atoms with Gasteiger partial charge in [0, 0.05) is 34.7 Å². The van der Waals surface area contributed by atoms with Crippen LogP contribution in [0.1, 0.15) is 16.7 Å². The highest BCUT2D eigenvalue weighted by atomic mass is 31.2. The number of nitrogens with zero attached hydrogens (tertiary/aromatic N) is 3. The summed E-state index contributed by atoms with van der Waals surface area (Å²) in [6.45, 7) is 0.132. The third kappa shape index (κ3) is 5.62. The Bertz CT molecular complexity index is 1590. The van der Waals surface area contributed by atoms with E-state index in [9.17, 15) is 4.57 Å². The van der Waals surface area contributed by atoms with Crippen molar-refractivity contribution >= 4 is 40.5 Å². The first-order chi connectivity index (χ1) is 18.6. The van der Waals surface area contributed by atoms with Gasteiger partial charge in [-0.05, 0) is 53.1 Å². The average molecular weight is 522 g/mol. The van der Waals surface area contributed by atoms with Gasteiger partial charge in [-0.2, -0.15) is 0 Å². The number of aromatic nitrogens is 3. The molecule has 0 bridgehead atoms. The first kappa shape index (κ1) is 24.3. The van der Waals surface area contributed by atoms with E-state index in [0.717, 1.165) is 49.4 Å². The van der Waals surface area contributed by atoms with E-state index in [2.05, 4.69) is 15.0 Å². The van der Waals surface area contributed by atoms with Gasteiger partial charge < -0.3 is 0 Å². The van der Waals surface area contributed by atoms with Crippen LogP contribution in [0.3, 0.4) is 0 Å². The second-order valence-corrected chi connectivity index (χ2v) is 10.5. The highest BCUT2D eigenvalue weighted by molar-refractivity contribution is 7.48. The first-order valence-corrected chi connectivity index (χ1v) is 13.6. The molecule has 0 saturated carbocycles. The van der Waals surface area contributed by atoms with Gasteiger partial charge in [0.1, 0.15) is 0 Å². The summed E-state index contributed by atoms with van der Waals surface area (Å²) in [4.78, 5) is 13.2. The largest absolute Gasteiger partial charge is 0.475 e. The zero-order valence-electron chi connectivity index (χ0n) is 20.4. The summed E-state index contributed by atoms with van der Waals surface area (Å²) in [5, 5.41) is 3.05. The Morgan fingerprint density at radius 1 is 0.500 bits per heavy atom. The van der Waals surface area contributed by atoms with E-state index in [1.807, 2.05) is 91.0 Å². The molecule has 0 aliphatic carbocycles. The molecule has 0 aliphatic heterocycles. The predicted molar refractivity (Wildman–Crippen MR) is 147 cm³/mol. The Kier molecular flexibility index (Phi) is 6.90. The Hall–Kier alpha value is -4.00. The summed E-state index contributed by atoms with van der Waals surface area (Å²) in [7, 11) is -3.96. The second kappa shape index (κ2) is 10.8. The molecule has 0 fully saturated rings. The number of benzene rings is 3. The zero-order valence-corrected chi connectivity index (χ0v) is 21.3. The SMILES string of the molecule is O=P(OCc1ccc2cccnc2c1)(OCc1ccc2cccnc2c1)OCc1ccc2cccnc2c1. The summed E-state index contributed by atoms with van der Waals surface area (Å²) in [5.74, 6) is 0. The maximum Gasteiger partial charge on any atom is 0.475 e. The van der Waals surface area contributed by atoms with Crippen LogP contribution in [0.25, 0.3) is 32.7 Å². The molecule has 7 nitrogen and oxygen atoms in total. The number of phosphoric ester groups is 1. The Morgan fingerprint density at radius 3 is 1.18 bits per heavy atom. The molecule has 0 atom stereocenters. The summed E-state index contributed by atoms with van der Waals surface area (Å²) in [6, 6.07) is 29.0. The van der Waals surface area contributed by atoms with Gasteiger partial charge in [-0.1, -0.05) is 54.6 Å². The van der Waals surface area contributed by atoms with E-state index in [0.29, 0.717) is 0 Å². The third-order valence-electron chi connectivity index (χ3n) is 6.18. The minimum absolute atomic E-state index is 0.0440. The standard InChI is InChI=1S/C30H24N3O4P/c34-38(35-19-22-7-10-25-4-1-13-31-28(25)16-22,36-20-23-8-11-26-5-2-14-32-29(26)17-23)37-21-24-9-12-27-6-3-15-33-30(27)18-24/h1-18H,19-21H2. The number of hydrogen-bond donors (Lipinski definition) is 0. The molecule has 0 aliphatic rings. The molecule has 8 heteroatoms. The molecule has 6 rings (SSSR count). The summed E-state index contributed by atoms with van der Waals surface area (Å²) < 4.78 is 31.3. The molecule has 0 radical (unpaired) electrons. The maximum absolute atomic E-state index is 13.8. The van der Waals surface area contributed by atoms with Crippen molar-refractivity contribution in [2.45, 2.75) is 19.8 Å². The summed E-state index contributed by atoms with van der Waals surface area (Å²) in [5.41, 5.74) is 4.93. The van der Waals surface area contributed by atoms with Crippen LogP contribution in [0.5, 0.6) is 0 Å². The molecule has 6 aromatic rings. The van der Waals surface area contributed by atoms with Crippen LogP contribution in [-0.4, -0.2) is 15.0 Å². The first-order valence-electron chi connectivity index (χ1n) is 12.2. The van der Waals surface area contributed by atoms with Crippen molar-refractivity contribution in [1.29, 1.82) is 0 Å². The van der Waals surface area contributed by atoms with Gasteiger partial charge in [-0.15, -0.1) is 0 Å². The number of fused-ring (bicyclic) bond motifs is 3. The molecule has 3 aromatic carbocycles. The minimum atomic E-state index is -3.96. The lowest BCUT2D eigenvalue weighted by Gasteiger charge is -2.19. The molecule has 0 N–H and O–H groups in total. The van der Waals surface area contributed by atoms with Gasteiger partial charge in [0.05, 0.1) is 36.4 Å². The van der Waals surface area contributed by atoms with Crippen LogP contribution in [0.4, 0.5) is 0 Å². The lowest BCUT2D eigenvalue weighted by molar-refractivity contribution is 0.0979. The molecule has 0 unspecified atom stereocenters. The highest BCUT2D eigenvalue weighted by Crippen LogP contribution is 2.51. The van der Waals surface area contributed by atoms with Gasteiger partial charge >= 0.3 is 7.82 Å². The molecule has 3 aromatic heterocycles. The van der Waals surface area contributed by atoms with E-state index < -0.39 is 7.82 Å². The van der Waals surface area contributed by atoms with E-state index in [-0.39, 0.29) is 19.8 Å². The second-order valence-electron chi connectivity index (χ2n) is 8.86. The fourth-order valence-electron chi connectivity index (χ4n) is 4.18.